The smallest absolute Gasteiger partial charge is 0.306 e. The van der Waals surface area contributed by atoms with E-state index in [9.17, 15) is 10.1 Å². The lowest BCUT2D eigenvalue weighted by Crippen LogP contribution is -2.02. The molecule has 0 amide bonds. The molecule has 18 heavy (non-hydrogen) atoms. The van der Waals surface area contributed by atoms with Gasteiger partial charge in [-0.1, -0.05) is 6.07 Å². The molecule has 0 spiro atoms. The number of para-hydroxylation sites is 1. The Morgan fingerprint density at radius 2 is 2.39 bits per heavy atom. The van der Waals surface area contributed by atoms with E-state index in [0.29, 0.717) is 22.3 Å². The SMILES string of the molecule is CCNc1cccc(Sc2ncc[nH]2)c1[N+](=O)[O-]. The molecule has 0 saturated heterocycles. The molecule has 94 valence electrons. The summed E-state index contributed by atoms with van der Waals surface area (Å²) in [6.07, 6.45) is 3.30. The van der Waals surface area contributed by atoms with Gasteiger partial charge in [0.2, 0.25) is 0 Å². The maximum absolute atomic E-state index is 11.2. The van der Waals surface area contributed by atoms with Gasteiger partial charge in [0.05, 0.1) is 9.82 Å². The summed E-state index contributed by atoms with van der Waals surface area (Å²) in [4.78, 5) is 18.3. The van der Waals surface area contributed by atoms with Gasteiger partial charge in [0, 0.05) is 18.9 Å². The van der Waals surface area contributed by atoms with E-state index in [2.05, 4.69) is 15.3 Å². The molecule has 6 nitrogen and oxygen atoms in total. The van der Waals surface area contributed by atoms with Crippen LogP contribution in [0.1, 0.15) is 6.92 Å². The lowest BCUT2D eigenvalue weighted by atomic mass is 10.2. The molecule has 0 atom stereocenters. The molecule has 2 N–H and O–H groups in total. The zero-order valence-corrected chi connectivity index (χ0v) is 10.5. The van der Waals surface area contributed by atoms with Gasteiger partial charge in [-0.3, -0.25) is 10.1 Å². The van der Waals surface area contributed by atoms with Crippen molar-refractivity contribution in [1.82, 2.24) is 9.97 Å². The van der Waals surface area contributed by atoms with Gasteiger partial charge >= 0.3 is 5.69 Å². The standard InChI is InChI=1S/C11H12N4O2S/c1-2-12-8-4-3-5-9(10(8)15(16)17)18-11-13-6-7-14-11/h3-7,12H,2H2,1H3,(H,13,14). The Morgan fingerprint density at radius 1 is 1.56 bits per heavy atom. The van der Waals surface area contributed by atoms with Crippen molar-refractivity contribution >= 4 is 23.1 Å². The third kappa shape index (κ3) is 2.62. The number of anilines is 1. The number of nitrogens with zero attached hydrogens (tertiary/aromatic N) is 2. The minimum absolute atomic E-state index is 0.0840. The van der Waals surface area contributed by atoms with E-state index in [0.717, 1.165) is 0 Å². The highest BCUT2D eigenvalue weighted by atomic mass is 32.2. The zero-order valence-electron chi connectivity index (χ0n) is 9.71. The molecule has 0 saturated carbocycles. The van der Waals surface area contributed by atoms with Crippen molar-refractivity contribution in [3.05, 3.63) is 40.7 Å². The van der Waals surface area contributed by atoms with Gasteiger partial charge in [-0.2, -0.15) is 0 Å². The number of hydrogen-bond donors (Lipinski definition) is 2. The third-order valence-electron chi connectivity index (χ3n) is 2.23. The van der Waals surface area contributed by atoms with E-state index < -0.39 is 0 Å². The van der Waals surface area contributed by atoms with Crippen LogP contribution in [0.2, 0.25) is 0 Å². The van der Waals surface area contributed by atoms with Crippen molar-refractivity contribution in [2.24, 2.45) is 0 Å². The predicted octanol–water partition coefficient (Wildman–Crippen LogP) is 2.90. The largest absolute Gasteiger partial charge is 0.380 e. The summed E-state index contributed by atoms with van der Waals surface area (Å²) in [6.45, 7) is 2.53. The molecule has 0 unspecified atom stereocenters. The molecular formula is C11H12N4O2S. The van der Waals surface area contributed by atoms with E-state index >= 15 is 0 Å². The number of hydrogen-bond acceptors (Lipinski definition) is 5. The fourth-order valence-electron chi connectivity index (χ4n) is 1.54. The summed E-state index contributed by atoms with van der Waals surface area (Å²) >= 11 is 1.24. The highest BCUT2D eigenvalue weighted by molar-refractivity contribution is 7.99. The van der Waals surface area contributed by atoms with Gasteiger partial charge in [0.1, 0.15) is 5.69 Å². The van der Waals surface area contributed by atoms with Gasteiger partial charge in [0.15, 0.2) is 5.16 Å². The Morgan fingerprint density at radius 3 is 3.00 bits per heavy atom. The first-order chi connectivity index (χ1) is 8.72. The minimum atomic E-state index is -0.372. The highest BCUT2D eigenvalue weighted by Gasteiger charge is 2.20. The van der Waals surface area contributed by atoms with Gasteiger partial charge in [-0.05, 0) is 30.8 Å². The van der Waals surface area contributed by atoms with Gasteiger partial charge in [0.25, 0.3) is 0 Å². The second kappa shape index (κ2) is 5.54. The van der Waals surface area contributed by atoms with Crippen molar-refractivity contribution in [2.75, 3.05) is 11.9 Å². The zero-order chi connectivity index (χ0) is 13.0. The number of nitro benzene ring substituents is 1. The number of nitro groups is 1. The van der Waals surface area contributed by atoms with Crippen molar-refractivity contribution in [3.63, 3.8) is 0 Å². The first kappa shape index (κ1) is 12.4. The molecule has 1 aromatic carbocycles. The summed E-state index contributed by atoms with van der Waals surface area (Å²) in [7, 11) is 0. The molecule has 0 radical (unpaired) electrons. The molecule has 2 rings (SSSR count). The molecule has 0 aliphatic carbocycles. The Balaban J connectivity index is 2.39. The first-order valence-corrected chi connectivity index (χ1v) is 6.22. The van der Waals surface area contributed by atoms with Crippen LogP contribution in [-0.4, -0.2) is 21.4 Å². The minimum Gasteiger partial charge on any atom is -0.380 e. The first-order valence-electron chi connectivity index (χ1n) is 5.41. The molecular weight excluding hydrogens is 252 g/mol. The van der Waals surface area contributed by atoms with E-state index in [1.165, 1.54) is 11.8 Å². The Kier molecular flexibility index (Phi) is 3.83. The topological polar surface area (TPSA) is 83.8 Å². The summed E-state index contributed by atoms with van der Waals surface area (Å²) in [5.74, 6) is 0. The Hall–Kier alpha value is -2.02. The normalized spacial score (nSPS) is 10.3. The number of nitrogens with one attached hydrogen (secondary N) is 2. The van der Waals surface area contributed by atoms with Crippen LogP contribution in [0.5, 0.6) is 0 Å². The van der Waals surface area contributed by atoms with Crippen LogP contribution < -0.4 is 5.32 Å². The van der Waals surface area contributed by atoms with E-state index in [4.69, 9.17) is 0 Å². The molecule has 1 heterocycles. The van der Waals surface area contributed by atoms with Crippen molar-refractivity contribution in [3.8, 4) is 0 Å². The lowest BCUT2D eigenvalue weighted by Gasteiger charge is -2.07. The quantitative estimate of drug-likeness (QED) is 0.640. The summed E-state index contributed by atoms with van der Waals surface area (Å²) < 4.78 is 0. The number of aromatic nitrogens is 2. The van der Waals surface area contributed by atoms with Crippen LogP contribution in [0.15, 0.2) is 40.6 Å². The molecule has 1 aromatic heterocycles. The van der Waals surface area contributed by atoms with Crippen LogP contribution in [0.3, 0.4) is 0 Å². The maximum atomic E-state index is 11.2. The fourth-order valence-corrected chi connectivity index (χ4v) is 2.41. The van der Waals surface area contributed by atoms with Crippen molar-refractivity contribution in [2.45, 2.75) is 17.0 Å². The van der Waals surface area contributed by atoms with Crippen LogP contribution in [0.4, 0.5) is 11.4 Å². The number of benzene rings is 1. The molecule has 0 aliphatic heterocycles. The number of H-pyrrole nitrogens is 1. The van der Waals surface area contributed by atoms with Gasteiger partial charge in [-0.25, -0.2) is 4.98 Å². The van der Waals surface area contributed by atoms with E-state index in [1.54, 1.807) is 30.6 Å². The highest BCUT2D eigenvalue weighted by Crippen LogP contribution is 2.37. The lowest BCUT2D eigenvalue weighted by molar-refractivity contribution is -0.386. The maximum Gasteiger partial charge on any atom is 0.306 e. The van der Waals surface area contributed by atoms with Crippen LogP contribution in [-0.2, 0) is 0 Å². The Bertz CT molecular complexity index is 542. The molecule has 0 aliphatic rings. The van der Waals surface area contributed by atoms with Crippen LogP contribution in [0.25, 0.3) is 0 Å². The average Bonchev–Trinajstić information content (AvgIpc) is 2.82. The second-order valence-electron chi connectivity index (χ2n) is 3.44. The average molecular weight is 264 g/mol. The number of aromatic amines is 1. The molecule has 7 heteroatoms. The number of rotatable bonds is 5. The third-order valence-corrected chi connectivity index (χ3v) is 3.19. The molecule has 0 fully saturated rings. The van der Waals surface area contributed by atoms with E-state index in [-0.39, 0.29) is 10.6 Å². The van der Waals surface area contributed by atoms with Gasteiger partial charge < -0.3 is 10.3 Å². The Labute approximate surface area is 108 Å². The van der Waals surface area contributed by atoms with Gasteiger partial charge in [-0.15, -0.1) is 0 Å². The molecule has 0 bridgehead atoms. The summed E-state index contributed by atoms with van der Waals surface area (Å²) in [5.41, 5.74) is 0.611. The second-order valence-corrected chi connectivity index (χ2v) is 4.47. The fraction of sp³-hybridized carbons (Fsp3) is 0.182. The van der Waals surface area contributed by atoms with E-state index in [1.807, 2.05) is 6.92 Å². The van der Waals surface area contributed by atoms with Crippen LogP contribution >= 0.6 is 11.8 Å². The van der Waals surface area contributed by atoms with Crippen molar-refractivity contribution in [1.29, 1.82) is 0 Å². The van der Waals surface area contributed by atoms with Crippen molar-refractivity contribution < 1.29 is 4.92 Å². The number of imidazole rings is 1. The predicted molar refractivity (Wildman–Crippen MR) is 70.0 cm³/mol. The summed E-state index contributed by atoms with van der Waals surface area (Å²) in [5, 5.41) is 14.8. The summed E-state index contributed by atoms with van der Waals surface area (Å²) in [6, 6.07) is 5.20. The van der Waals surface area contributed by atoms with Crippen LogP contribution in [0, 0.1) is 10.1 Å². The molecule has 2 aromatic rings. The monoisotopic (exact) mass is 264 g/mol.